The summed E-state index contributed by atoms with van der Waals surface area (Å²) < 4.78 is 0. The van der Waals surface area contributed by atoms with Gasteiger partial charge in [-0.05, 0) is 73.5 Å². The Hall–Kier alpha value is -1.36. The molecule has 0 spiro atoms. The molecule has 1 aromatic heterocycles. The molecule has 1 aliphatic heterocycles. The summed E-state index contributed by atoms with van der Waals surface area (Å²) >= 11 is 1.81. The second kappa shape index (κ2) is 7.95. The normalized spacial score (nSPS) is 16.6. The Morgan fingerprint density at radius 2 is 2.09 bits per heavy atom. The van der Waals surface area contributed by atoms with Crippen molar-refractivity contribution in [1.29, 1.82) is 0 Å². The molecule has 4 heteroatoms. The molecule has 124 valence electrons. The Morgan fingerprint density at radius 3 is 2.78 bits per heavy atom. The fourth-order valence-electron chi connectivity index (χ4n) is 3.13. The molecule has 1 saturated heterocycles. The van der Waals surface area contributed by atoms with Gasteiger partial charge in [0.2, 0.25) is 0 Å². The van der Waals surface area contributed by atoms with E-state index in [4.69, 9.17) is 0 Å². The summed E-state index contributed by atoms with van der Waals surface area (Å²) in [6, 6.07) is 10.9. The first-order valence-corrected chi connectivity index (χ1v) is 9.31. The lowest BCUT2D eigenvalue weighted by atomic mass is 9.97. The Balaban J connectivity index is 1.54. The maximum Gasteiger partial charge on any atom is 0.0496 e. The molecule has 1 aliphatic rings. The Kier molecular flexibility index (Phi) is 5.70. The third-order valence-corrected chi connectivity index (χ3v) is 5.74. The van der Waals surface area contributed by atoms with Crippen LogP contribution in [-0.4, -0.2) is 29.7 Å². The van der Waals surface area contributed by atoms with E-state index in [-0.39, 0.29) is 0 Å². The average Bonchev–Trinajstić information content (AvgIpc) is 2.99. The molecular weight excluding hydrogens is 304 g/mol. The first-order valence-electron chi connectivity index (χ1n) is 8.43. The number of hydrogen-bond donors (Lipinski definition) is 2. The van der Waals surface area contributed by atoms with Gasteiger partial charge in [0.1, 0.15) is 0 Å². The maximum absolute atomic E-state index is 9.23. The molecule has 0 bridgehead atoms. The lowest BCUT2D eigenvalue weighted by molar-refractivity contribution is 0.127. The molecule has 1 fully saturated rings. The monoisotopic (exact) mass is 330 g/mol. The van der Waals surface area contributed by atoms with Gasteiger partial charge in [-0.2, -0.15) is 0 Å². The topological polar surface area (TPSA) is 35.5 Å². The molecule has 2 N–H and O–H groups in total. The predicted octanol–water partition coefficient (Wildman–Crippen LogP) is 3.87. The fraction of sp³-hybridized carbons (Fsp3) is 0.474. The summed E-state index contributed by atoms with van der Waals surface area (Å²) in [4.78, 5) is 3.90. The second-order valence-corrected chi connectivity index (χ2v) is 7.48. The highest BCUT2D eigenvalue weighted by Crippen LogP contribution is 2.21. The van der Waals surface area contributed by atoms with Crippen LogP contribution in [0, 0.1) is 12.8 Å². The van der Waals surface area contributed by atoms with Crippen LogP contribution in [0.5, 0.6) is 0 Å². The van der Waals surface area contributed by atoms with Crippen molar-refractivity contribution in [2.75, 3.05) is 25.0 Å². The number of aryl methyl sites for hydroxylation is 1. The standard InChI is InChI=1S/C19H26N2OS/c1-15-7-10-23-19(15)12-20-18-4-2-3-17(11-18)13-21-8-5-16(14-22)6-9-21/h2-4,7,10-11,16,20,22H,5-6,8-9,12-14H2,1H3. The molecule has 0 amide bonds. The zero-order valence-electron chi connectivity index (χ0n) is 13.8. The molecule has 0 radical (unpaired) electrons. The summed E-state index contributed by atoms with van der Waals surface area (Å²) in [7, 11) is 0. The van der Waals surface area contributed by atoms with Crippen LogP contribution in [0.25, 0.3) is 0 Å². The predicted molar refractivity (Wildman–Crippen MR) is 97.9 cm³/mol. The first kappa shape index (κ1) is 16.5. The molecule has 0 aliphatic carbocycles. The van der Waals surface area contributed by atoms with Crippen molar-refractivity contribution in [3.8, 4) is 0 Å². The molecule has 2 aromatic rings. The Morgan fingerprint density at radius 1 is 1.26 bits per heavy atom. The highest BCUT2D eigenvalue weighted by atomic mass is 32.1. The Labute approximate surface area is 143 Å². The van der Waals surface area contributed by atoms with E-state index in [1.165, 1.54) is 21.7 Å². The zero-order valence-corrected chi connectivity index (χ0v) is 14.6. The van der Waals surface area contributed by atoms with E-state index in [9.17, 15) is 5.11 Å². The zero-order chi connectivity index (χ0) is 16.1. The minimum atomic E-state index is 0.343. The number of benzene rings is 1. The summed E-state index contributed by atoms with van der Waals surface area (Å²) in [5.74, 6) is 0.508. The van der Waals surface area contributed by atoms with E-state index in [0.717, 1.165) is 39.0 Å². The minimum absolute atomic E-state index is 0.343. The van der Waals surface area contributed by atoms with Gasteiger partial charge in [0.05, 0.1) is 0 Å². The molecule has 23 heavy (non-hydrogen) atoms. The summed E-state index contributed by atoms with van der Waals surface area (Å²) in [6.07, 6.45) is 2.23. The van der Waals surface area contributed by atoms with Crippen LogP contribution in [-0.2, 0) is 13.1 Å². The molecule has 1 aromatic carbocycles. The summed E-state index contributed by atoms with van der Waals surface area (Å²) in [5.41, 5.74) is 3.92. The van der Waals surface area contributed by atoms with Gasteiger partial charge in [-0.3, -0.25) is 4.90 Å². The summed E-state index contributed by atoms with van der Waals surface area (Å²) in [5, 5.41) is 14.9. The van der Waals surface area contributed by atoms with E-state index in [0.29, 0.717) is 12.5 Å². The van der Waals surface area contributed by atoms with Crippen LogP contribution in [0.4, 0.5) is 5.69 Å². The van der Waals surface area contributed by atoms with Crippen molar-refractivity contribution in [1.82, 2.24) is 4.90 Å². The smallest absolute Gasteiger partial charge is 0.0496 e. The van der Waals surface area contributed by atoms with Crippen molar-refractivity contribution < 1.29 is 5.11 Å². The van der Waals surface area contributed by atoms with Crippen LogP contribution < -0.4 is 5.32 Å². The van der Waals surface area contributed by atoms with Gasteiger partial charge in [-0.15, -0.1) is 11.3 Å². The van der Waals surface area contributed by atoms with Crippen LogP contribution in [0.15, 0.2) is 35.7 Å². The van der Waals surface area contributed by atoms with Crippen molar-refractivity contribution in [3.63, 3.8) is 0 Å². The number of thiophene rings is 1. The van der Waals surface area contributed by atoms with Crippen molar-refractivity contribution >= 4 is 17.0 Å². The van der Waals surface area contributed by atoms with Gasteiger partial charge in [0, 0.05) is 30.3 Å². The van der Waals surface area contributed by atoms with E-state index >= 15 is 0 Å². The largest absolute Gasteiger partial charge is 0.396 e. The van der Waals surface area contributed by atoms with Gasteiger partial charge in [0.25, 0.3) is 0 Å². The minimum Gasteiger partial charge on any atom is -0.396 e. The van der Waals surface area contributed by atoms with Crippen molar-refractivity contribution in [2.45, 2.75) is 32.9 Å². The van der Waals surface area contributed by atoms with E-state index in [1.807, 2.05) is 11.3 Å². The highest BCUT2D eigenvalue weighted by Gasteiger charge is 2.18. The molecule has 0 atom stereocenters. The number of hydrogen-bond acceptors (Lipinski definition) is 4. The van der Waals surface area contributed by atoms with Crippen LogP contribution >= 0.6 is 11.3 Å². The third-order valence-electron chi connectivity index (χ3n) is 4.72. The quantitative estimate of drug-likeness (QED) is 0.844. The Bertz CT molecular complexity index is 617. The molecule has 2 heterocycles. The van der Waals surface area contributed by atoms with Gasteiger partial charge in [-0.25, -0.2) is 0 Å². The molecule has 0 unspecified atom stereocenters. The van der Waals surface area contributed by atoms with Crippen molar-refractivity contribution in [2.24, 2.45) is 5.92 Å². The molecule has 0 saturated carbocycles. The lowest BCUT2D eigenvalue weighted by Gasteiger charge is -2.31. The van der Waals surface area contributed by atoms with Crippen LogP contribution in [0.1, 0.15) is 28.8 Å². The number of piperidine rings is 1. The van der Waals surface area contributed by atoms with Gasteiger partial charge >= 0.3 is 0 Å². The second-order valence-electron chi connectivity index (χ2n) is 6.48. The average molecular weight is 330 g/mol. The fourth-order valence-corrected chi connectivity index (χ4v) is 3.98. The number of anilines is 1. The third kappa shape index (κ3) is 4.56. The van der Waals surface area contributed by atoms with E-state index in [1.54, 1.807) is 0 Å². The number of rotatable bonds is 6. The van der Waals surface area contributed by atoms with Gasteiger partial charge < -0.3 is 10.4 Å². The van der Waals surface area contributed by atoms with Crippen LogP contribution in [0.2, 0.25) is 0 Å². The highest BCUT2D eigenvalue weighted by molar-refractivity contribution is 7.10. The van der Waals surface area contributed by atoms with Crippen LogP contribution in [0.3, 0.4) is 0 Å². The van der Waals surface area contributed by atoms with E-state index < -0.39 is 0 Å². The molecule has 3 rings (SSSR count). The maximum atomic E-state index is 9.23. The van der Waals surface area contributed by atoms with Gasteiger partial charge in [-0.1, -0.05) is 12.1 Å². The number of nitrogens with one attached hydrogen (secondary N) is 1. The summed E-state index contributed by atoms with van der Waals surface area (Å²) in [6.45, 7) is 6.60. The number of likely N-dealkylation sites (tertiary alicyclic amines) is 1. The molecule has 3 nitrogen and oxygen atoms in total. The van der Waals surface area contributed by atoms with Crippen molar-refractivity contribution in [3.05, 3.63) is 51.7 Å². The number of nitrogens with zero attached hydrogens (tertiary/aromatic N) is 1. The van der Waals surface area contributed by atoms with E-state index in [2.05, 4.69) is 52.9 Å². The SMILES string of the molecule is Cc1ccsc1CNc1cccc(CN2CCC(CO)CC2)c1. The number of aliphatic hydroxyl groups is 1. The number of aliphatic hydroxyl groups excluding tert-OH is 1. The lowest BCUT2D eigenvalue weighted by Crippen LogP contribution is -2.34. The van der Waals surface area contributed by atoms with Gasteiger partial charge in [0.15, 0.2) is 0 Å². The first-order chi connectivity index (χ1) is 11.2. The molecular formula is C19H26N2OS.